The molecule has 1 saturated heterocycles. The molecule has 1 fully saturated rings. The Labute approximate surface area is 168 Å². The number of nitro benzene ring substituents is 1. The summed E-state index contributed by atoms with van der Waals surface area (Å²) in [5.41, 5.74) is 3.09. The van der Waals surface area contributed by atoms with Gasteiger partial charge in [0.1, 0.15) is 0 Å². The normalized spacial score (nSPS) is 15.4. The quantitative estimate of drug-likeness (QED) is 0.491. The summed E-state index contributed by atoms with van der Waals surface area (Å²) in [5, 5.41) is 12.1. The van der Waals surface area contributed by atoms with E-state index < -0.39 is 4.92 Å². The van der Waals surface area contributed by atoms with Crippen molar-refractivity contribution in [2.45, 2.75) is 12.3 Å². The standard InChI is InChI=1S/C22H23N3O4/c1-23-15-20(18-4-2-3-5-21(18)23)19(14-22(26)24-10-12-29-13-11-24)16-6-8-17(9-7-16)25(27)28/h2-9,15,19H,10-14H2,1H3. The van der Waals surface area contributed by atoms with Crippen molar-refractivity contribution in [3.8, 4) is 0 Å². The molecule has 1 aromatic heterocycles. The number of carbonyl (C=O) groups excluding carboxylic acids is 1. The lowest BCUT2D eigenvalue weighted by molar-refractivity contribution is -0.384. The molecule has 0 N–H and O–H groups in total. The predicted octanol–water partition coefficient (Wildman–Crippen LogP) is 3.47. The number of hydrogen-bond donors (Lipinski definition) is 0. The first-order valence-corrected chi connectivity index (χ1v) is 9.68. The monoisotopic (exact) mass is 393 g/mol. The molecule has 3 aromatic rings. The maximum Gasteiger partial charge on any atom is 0.269 e. The number of morpholine rings is 1. The molecule has 2 heterocycles. The van der Waals surface area contributed by atoms with E-state index in [4.69, 9.17) is 4.74 Å². The number of nitro groups is 1. The summed E-state index contributed by atoms with van der Waals surface area (Å²) in [6.45, 7) is 2.31. The van der Waals surface area contributed by atoms with Crippen LogP contribution < -0.4 is 0 Å². The molecule has 29 heavy (non-hydrogen) atoms. The van der Waals surface area contributed by atoms with Crippen molar-refractivity contribution in [2.24, 2.45) is 7.05 Å². The van der Waals surface area contributed by atoms with Gasteiger partial charge >= 0.3 is 0 Å². The summed E-state index contributed by atoms with van der Waals surface area (Å²) < 4.78 is 7.42. The Morgan fingerprint density at radius 2 is 1.83 bits per heavy atom. The molecule has 1 aliphatic rings. The van der Waals surface area contributed by atoms with Crippen molar-refractivity contribution >= 4 is 22.5 Å². The van der Waals surface area contributed by atoms with Crippen LogP contribution in [0, 0.1) is 10.1 Å². The molecule has 7 heteroatoms. The van der Waals surface area contributed by atoms with Gasteiger partial charge in [0.2, 0.25) is 5.91 Å². The average molecular weight is 393 g/mol. The molecule has 0 aliphatic carbocycles. The molecule has 150 valence electrons. The van der Waals surface area contributed by atoms with Gasteiger partial charge in [-0.2, -0.15) is 0 Å². The fourth-order valence-corrected chi connectivity index (χ4v) is 4.00. The van der Waals surface area contributed by atoms with Gasteiger partial charge in [0, 0.05) is 61.7 Å². The van der Waals surface area contributed by atoms with Crippen LogP contribution in [-0.4, -0.2) is 46.6 Å². The van der Waals surface area contributed by atoms with Gasteiger partial charge in [0.25, 0.3) is 5.69 Å². The Morgan fingerprint density at radius 1 is 1.14 bits per heavy atom. The zero-order valence-electron chi connectivity index (χ0n) is 16.3. The number of rotatable bonds is 5. The average Bonchev–Trinajstić information content (AvgIpc) is 3.09. The summed E-state index contributed by atoms with van der Waals surface area (Å²) in [6.07, 6.45) is 2.37. The Kier molecular flexibility index (Phi) is 5.31. The smallest absolute Gasteiger partial charge is 0.269 e. The van der Waals surface area contributed by atoms with E-state index in [-0.39, 0.29) is 17.5 Å². The molecular formula is C22H23N3O4. The third-order valence-electron chi connectivity index (χ3n) is 5.55. The van der Waals surface area contributed by atoms with Crippen LogP contribution in [0.4, 0.5) is 5.69 Å². The van der Waals surface area contributed by atoms with Crippen LogP contribution in [0.5, 0.6) is 0 Å². The molecule has 7 nitrogen and oxygen atoms in total. The van der Waals surface area contributed by atoms with Gasteiger partial charge in [0.15, 0.2) is 0 Å². The van der Waals surface area contributed by atoms with Crippen LogP contribution in [0.3, 0.4) is 0 Å². The Morgan fingerprint density at radius 3 is 2.52 bits per heavy atom. The minimum absolute atomic E-state index is 0.0462. The highest BCUT2D eigenvalue weighted by atomic mass is 16.6. The SMILES string of the molecule is Cn1cc(C(CC(=O)N2CCOCC2)c2ccc([N+](=O)[O-])cc2)c2ccccc21. The van der Waals surface area contributed by atoms with Crippen molar-refractivity contribution in [1.29, 1.82) is 0 Å². The second-order valence-corrected chi connectivity index (χ2v) is 7.31. The number of fused-ring (bicyclic) bond motifs is 1. The molecule has 0 spiro atoms. The summed E-state index contributed by atoms with van der Waals surface area (Å²) in [6, 6.07) is 14.6. The molecule has 0 radical (unpaired) electrons. The third kappa shape index (κ3) is 3.86. The number of para-hydroxylation sites is 1. The minimum Gasteiger partial charge on any atom is -0.378 e. The summed E-state index contributed by atoms with van der Waals surface area (Å²) >= 11 is 0. The molecule has 4 rings (SSSR count). The van der Waals surface area contributed by atoms with Crippen LogP contribution in [-0.2, 0) is 16.6 Å². The van der Waals surface area contributed by atoms with E-state index in [9.17, 15) is 14.9 Å². The number of aryl methyl sites for hydroxylation is 1. The number of ether oxygens (including phenoxy) is 1. The molecule has 1 atom stereocenters. The summed E-state index contributed by atoms with van der Waals surface area (Å²) in [7, 11) is 1.99. The van der Waals surface area contributed by atoms with Crippen LogP contribution >= 0.6 is 0 Å². The first-order valence-electron chi connectivity index (χ1n) is 9.68. The second-order valence-electron chi connectivity index (χ2n) is 7.31. The molecular weight excluding hydrogens is 370 g/mol. The zero-order chi connectivity index (χ0) is 20.4. The van der Waals surface area contributed by atoms with Crippen LogP contribution in [0.1, 0.15) is 23.5 Å². The number of non-ortho nitro benzene ring substituents is 1. The van der Waals surface area contributed by atoms with Gasteiger partial charge in [-0.1, -0.05) is 30.3 Å². The van der Waals surface area contributed by atoms with Crippen molar-refractivity contribution in [2.75, 3.05) is 26.3 Å². The van der Waals surface area contributed by atoms with E-state index in [0.717, 1.165) is 22.0 Å². The van der Waals surface area contributed by atoms with Crippen LogP contribution in [0.2, 0.25) is 0 Å². The van der Waals surface area contributed by atoms with Crippen LogP contribution in [0.15, 0.2) is 54.7 Å². The summed E-state index contributed by atoms with van der Waals surface area (Å²) in [5.74, 6) is -0.109. The Balaban J connectivity index is 1.73. The first kappa shape index (κ1) is 19.1. The van der Waals surface area contributed by atoms with Gasteiger partial charge < -0.3 is 14.2 Å². The number of benzene rings is 2. The maximum absolute atomic E-state index is 13.0. The fraction of sp³-hybridized carbons (Fsp3) is 0.318. The lowest BCUT2D eigenvalue weighted by Crippen LogP contribution is -2.41. The van der Waals surface area contributed by atoms with Crippen molar-refractivity contribution in [1.82, 2.24) is 9.47 Å². The van der Waals surface area contributed by atoms with E-state index in [1.54, 1.807) is 12.1 Å². The number of carbonyl (C=O) groups is 1. The largest absolute Gasteiger partial charge is 0.378 e. The van der Waals surface area contributed by atoms with E-state index >= 15 is 0 Å². The molecule has 0 bridgehead atoms. The van der Waals surface area contributed by atoms with Gasteiger partial charge in [-0.3, -0.25) is 14.9 Å². The molecule has 2 aromatic carbocycles. The topological polar surface area (TPSA) is 77.6 Å². The Hall–Kier alpha value is -3.19. The number of hydrogen-bond acceptors (Lipinski definition) is 4. The van der Waals surface area contributed by atoms with Crippen molar-refractivity contribution < 1.29 is 14.5 Å². The number of nitrogens with zero attached hydrogens (tertiary/aromatic N) is 3. The second kappa shape index (κ2) is 8.05. The number of aromatic nitrogens is 1. The molecule has 1 amide bonds. The highest BCUT2D eigenvalue weighted by molar-refractivity contribution is 5.86. The van der Waals surface area contributed by atoms with Crippen molar-refractivity contribution in [3.05, 3.63) is 76.0 Å². The van der Waals surface area contributed by atoms with Gasteiger partial charge in [-0.05, 0) is 17.2 Å². The predicted molar refractivity (Wildman–Crippen MR) is 110 cm³/mol. The summed E-state index contributed by atoms with van der Waals surface area (Å²) in [4.78, 5) is 25.5. The highest BCUT2D eigenvalue weighted by Gasteiger charge is 2.26. The first-order chi connectivity index (χ1) is 14.0. The van der Waals surface area contributed by atoms with Gasteiger partial charge in [-0.15, -0.1) is 0 Å². The van der Waals surface area contributed by atoms with Crippen LogP contribution in [0.25, 0.3) is 10.9 Å². The minimum atomic E-state index is -0.407. The van der Waals surface area contributed by atoms with Gasteiger partial charge in [0.05, 0.1) is 18.1 Å². The molecule has 1 unspecified atom stereocenters. The zero-order valence-corrected chi connectivity index (χ0v) is 16.3. The third-order valence-corrected chi connectivity index (χ3v) is 5.55. The van der Waals surface area contributed by atoms with E-state index in [1.807, 2.05) is 24.1 Å². The maximum atomic E-state index is 13.0. The van der Waals surface area contributed by atoms with Gasteiger partial charge in [-0.25, -0.2) is 0 Å². The molecule has 1 aliphatic heterocycles. The lowest BCUT2D eigenvalue weighted by atomic mass is 9.87. The van der Waals surface area contributed by atoms with Crippen molar-refractivity contribution in [3.63, 3.8) is 0 Å². The highest BCUT2D eigenvalue weighted by Crippen LogP contribution is 2.35. The van der Waals surface area contributed by atoms with E-state index in [0.29, 0.717) is 32.7 Å². The fourth-order valence-electron chi connectivity index (χ4n) is 4.00. The molecule has 0 saturated carbocycles. The van der Waals surface area contributed by atoms with E-state index in [1.165, 1.54) is 12.1 Å². The lowest BCUT2D eigenvalue weighted by Gasteiger charge is -2.28. The number of amides is 1. The Bertz CT molecular complexity index is 1040. The van der Waals surface area contributed by atoms with E-state index in [2.05, 4.69) is 22.9 Å².